The van der Waals surface area contributed by atoms with E-state index in [4.69, 9.17) is 0 Å². The quantitative estimate of drug-likeness (QED) is 0.303. The van der Waals surface area contributed by atoms with E-state index in [9.17, 15) is 4.79 Å². The van der Waals surface area contributed by atoms with Crippen molar-refractivity contribution in [1.82, 2.24) is 39.5 Å². The molecule has 4 aromatic heterocycles. The van der Waals surface area contributed by atoms with Crippen LogP contribution in [0.4, 0.5) is 5.13 Å². The number of pyridine rings is 1. The molecular weight excluding hydrogens is 478 g/mol. The second kappa shape index (κ2) is 9.52. The highest BCUT2D eigenvalue weighted by Gasteiger charge is 2.18. The molecule has 5 rings (SSSR count). The van der Waals surface area contributed by atoms with E-state index >= 15 is 0 Å². The first kappa shape index (κ1) is 21.3. The van der Waals surface area contributed by atoms with Gasteiger partial charge in [0, 0.05) is 39.3 Å². The number of anilines is 1. The standard InChI is InChI=1S/C20H15N9OS3/c1-11-25-20(33-29-11)27-18(30)16-14(6-7-15(26-16)32-19-23-10-24-28-19)31-13-4-2-12(3-5-13)17-21-8-9-22-17/h2-10H,1H3,(H,21,22)(H,23,24,28)(H,25,27,29,30). The number of hydrogen-bond donors (Lipinski definition) is 3. The molecule has 0 aliphatic carbocycles. The van der Waals surface area contributed by atoms with Crippen LogP contribution in [0.5, 0.6) is 0 Å². The molecule has 164 valence electrons. The smallest absolute Gasteiger partial charge is 0.277 e. The van der Waals surface area contributed by atoms with Crippen molar-refractivity contribution in [3.05, 3.63) is 66.6 Å². The van der Waals surface area contributed by atoms with Crippen LogP contribution < -0.4 is 5.32 Å². The number of carbonyl (C=O) groups excluding carboxylic acids is 1. The third-order valence-electron chi connectivity index (χ3n) is 4.24. The summed E-state index contributed by atoms with van der Waals surface area (Å²) < 4.78 is 4.11. The van der Waals surface area contributed by atoms with Crippen LogP contribution in [-0.4, -0.2) is 45.4 Å². The summed E-state index contributed by atoms with van der Waals surface area (Å²) in [4.78, 5) is 35.0. The summed E-state index contributed by atoms with van der Waals surface area (Å²) >= 11 is 3.86. The predicted molar refractivity (Wildman–Crippen MR) is 125 cm³/mol. The molecule has 33 heavy (non-hydrogen) atoms. The number of H-pyrrole nitrogens is 2. The lowest BCUT2D eigenvalue weighted by atomic mass is 10.2. The van der Waals surface area contributed by atoms with Gasteiger partial charge >= 0.3 is 0 Å². The third-order valence-corrected chi connectivity index (χ3v) is 6.85. The Kier molecular flexibility index (Phi) is 6.15. The van der Waals surface area contributed by atoms with Gasteiger partial charge in [0.1, 0.15) is 28.7 Å². The van der Waals surface area contributed by atoms with Crippen molar-refractivity contribution in [1.29, 1.82) is 0 Å². The number of carbonyl (C=O) groups is 1. The molecule has 0 fully saturated rings. The van der Waals surface area contributed by atoms with E-state index in [0.717, 1.165) is 27.8 Å². The molecule has 1 aromatic carbocycles. The minimum atomic E-state index is -0.360. The SMILES string of the molecule is Cc1nsc(NC(=O)c2nc(Sc3ncn[nH]3)ccc2Sc2ccc(-c3ncc[nH]3)cc2)n1. The van der Waals surface area contributed by atoms with Crippen LogP contribution in [0.2, 0.25) is 0 Å². The van der Waals surface area contributed by atoms with E-state index < -0.39 is 0 Å². The van der Waals surface area contributed by atoms with E-state index in [2.05, 4.69) is 44.8 Å². The number of aromatic nitrogens is 8. The van der Waals surface area contributed by atoms with E-state index in [1.165, 1.54) is 29.9 Å². The van der Waals surface area contributed by atoms with Gasteiger partial charge in [0.2, 0.25) is 5.13 Å². The molecule has 1 amide bonds. The number of imidazole rings is 1. The molecule has 3 N–H and O–H groups in total. The van der Waals surface area contributed by atoms with E-state index in [1.807, 2.05) is 36.4 Å². The second-order valence-corrected chi connectivity index (χ2v) is 9.43. The van der Waals surface area contributed by atoms with Crippen LogP contribution in [-0.2, 0) is 0 Å². The third kappa shape index (κ3) is 5.10. The van der Waals surface area contributed by atoms with Crippen molar-refractivity contribution < 1.29 is 4.79 Å². The zero-order valence-electron chi connectivity index (χ0n) is 17.0. The maximum Gasteiger partial charge on any atom is 0.277 e. The molecule has 0 spiro atoms. The summed E-state index contributed by atoms with van der Waals surface area (Å²) in [7, 11) is 0. The molecule has 0 aliphatic heterocycles. The lowest BCUT2D eigenvalue weighted by Crippen LogP contribution is -2.15. The molecule has 0 bridgehead atoms. The highest BCUT2D eigenvalue weighted by molar-refractivity contribution is 7.99. The van der Waals surface area contributed by atoms with Crippen molar-refractivity contribution in [2.24, 2.45) is 0 Å². The van der Waals surface area contributed by atoms with E-state index in [-0.39, 0.29) is 11.6 Å². The van der Waals surface area contributed by atoms with Gasteiger partial charge in [0.05, 0.1) is 0 Å². The second-order valence-electron chi connectivity index (χ2n) is 6.55. The maximum atomic E-state index is 13.1. The Labute approximate surface area is 200 Å². The van der Waals surface area contributed by atoms with Crippen LogP contribution in [0.3, 0.4) is 0 Å². The fraction of sp³-hybridized carbons (Fsp3) is 0.0500. The molecule has 5 aromatic rings. The van der Waals surface area contributed by atoms with Gasteiger partial charge in [0.25, 0.3) is 5.91 Å². The lowest BCUT2D eigenvalue weighted by molar-refractivity contribution is 0.101. The number of hydrogen-bond acceptors (Lipinski definition) is 10. The Balaban J connectivity index is 1.42. The van der Waals surface area contributed by atoms with Gasteiger partial charge in [-0.1, -0.05) is 23.9 Å². The molecule has 0 unspecified atom stereocenters. The minimum Gasteiger partial charge on any atom is -0.345 e. The van der Waals surface area contributed by atoms with Gasteiger partial charge < -0.3 is 4.98 Å². The van der Waals surface area contributed by atoms with Crippen molar-refractivity contribution in [3.8, 4) is 11.4 Å². The van der Waals surface area contributed by atoms with Crippen LogP contribution in [0, 0.1) is 6.92 Å². The van der Waals surface area contributed by atoms with Crippen LogP contribution >= 0.6 is 35.1 Å². The zero-order chi connectivity index (χ0) is 22.6. The van der Waals surface area contributed by atoms with E-state index in [1.54, 1.807) is 19.3 Å². The summed E-state index contributed by atoms with van der Waals surface area (Å²) in [5.41, 5.74) is 1.26. The Bertz CT molecular complexity index is 1370. The monoisotopic (exact) mass is 493 g/mol. The summed E-state index contributed by atoms with van der Waals surface area (Å²) in [6.45, 7) is 1.77. The van der Waals surface area contributed by atoms with Crippen molar-refractivity contribution in [2.75, 3.05) is 5.32 Å². The highest BCUT2D eigenvalue weighted by atomic mass is 32.2. The van der Waals surface area contributed by atoms with Crippen LogP contribution in [0.15, 0.2) is 75.1 Å². The maximum absolute atomic E-state index is 13.1. The lowest BCUT2D eigenvalue weighted by Gasteiger charge is -2.10. The van der Waals surface area contributed by atoms with Gasteiger partial charge in [-0.15, -0.1) is 0 Å². The topological polar surface area (TPSA) is 138 Å². The first-order chi connectivity index (χ1) is 16.1. The molecule has 0 aliphatic rings. The average molecular weight is 494 g/mol. The van der Waals surface area contributed by atoms with E-state index in [0.29, 0.717) is 26.0 Å². The number of rotatable bonds is 7. The van der Waals surface area contributed by atoms with Gasteiger partial charge in [-0.3, -0.25) is 15.2 Å². The van der Waals surface area contributed by atoms with Crippen LogP contribution in [0.25, 0.3) is 11.4 Å². The summed E-state index contributed by atoms with van der Waals surface area (Å²) in [6, 6.07) is 11.6. The number of benzene rings is 1. The van der Waals surface area contributed by atoms with Gasteiger partial charge in [-0.25, -0.2) is 19.9 Å². The van der Waals surface area contributed by atoms with Crippen LogP contribution in [0.1, 0.15) is 16.3 Å². The number of nitrogens with zero attached hydrogens (tertiary/aromatic N) is 6. The van der Waals surface area contributed by atoms with Crippen molar-refractivity contribution in [2.45, 2.75) is 26.9 Å². The summed E-state index contributed by atoms with van der Waals surface area (Å²) in [6.07, 6.45) is 4.92. The molecule has 4 heterocycles. The zero-order valence-corrected chi connectivity index (χ0v) is 19.5. The molecule has 0 radical (unpaired) electrons. The molecule has 0 atom stereocenters. The van der Waals surface area contributed by atoms with Crippen molar-refractivity contribution in [3.63, 3.8) is 0 Å². The molecule has 13 heteroatoms. The number of aromatic amines is 2. The average Bonchev–Trinajstić information content (AvgIpc) is 3.59. The van der Waals surface area contributed by atoms with Crippen molar-refractivity contribution >= 4 is 46.1 Å². The summed E-state index contributed by atoms with van der Waals surface area (Å²) in [5.74, 6) is 1.04. The Hall–Kier alpha value is -3.55. The Morgan fingerprint density at radius 1 is 1.06 bits per heavy atom. The molecule has 0 saturated heterocycles. The van der Waals surface area contributed by atoms with Gasteiger partial charge in [0.15, 0.2) is 5.16 Å². The Morgan fingerprint density at radius 2 is 1.94 bits per heavy atom. The normalized spacial score (nSPS) is 10.9. The molecular formula is C20H15N9OS3. The predicted octanol–water partition coefficient (Wildman–Crippen LogP) is 4.30. The Morgan fingerprint density at radius 3 is 2.64 bits per heavy atom. The number of nitrogens with one attached hydrogen (secondary N) is 3. The molecule has 10 nitrogen and oxygen atoms in total. The fourth-order valence-electron chi connectivity index (χ4n) is 2.81. The number of amides is 1. The largest absolute Gasteiger partial charge is 0.345 e. The van der Waals surface area contributed by atoms with Gasteiger partial charge in [-0.05, 0) is 43.0 Å². The minimum absolute atomic E-state index is 0.285. The highest BCUT2D eigenvalue weighted by Crippen LogP contribution is 2.33. The fourth-order valence-corrected chi connectivity index (χ4v) is 4.95. The summed E-state index contributed by atoms with van der Waals surface area (Å²) in [5, 5.41) is 11.0. The van der Waals surface area contributed by atoms with Gasteiger partial charge in [-0.2, -0.15) is 9.47 Å². The number of aryl methyl sites for hydroxylation is 1. The first-order valence-electron chi connectivity index (χ1n) is 9.57. The first-order valence-corrected chi connectivity index (χ1v) is 12.0. The molecule has 0 saturated carbocycles.